The standard InChI is InChI=1S/C19H20FN3/c20-16-5-7-17(8-6-16)23-11-9-22(10-12-23)14-15-13-21-19-4-2-1-3-18(15)19/h1-8,13,21H,9-12,14H2/p+1. The Morgan fingerprint density at radius 1 is 1.00 bits per heavy atom. The Hall–Kier alpha value is -2.33. The predicted molar refractivity (Wildman–Crippen MR) is 91.3 cm³/mol. The number of H-pyrrole nitrogens is 1. The summed E-state index contributed by atoms with van der Waals surface area (Å²) in [6.45, 7) is 5.31. The third-order valence-electron chi connectivity index (χ3n) is 4.78. The Morgan fingerprint density at radius 2 is 1.74 bits per heavy atom. The fourth-order valence-electron chi connectivity index (χ4n) is 3.46. The highest BCUT2D eigenvalue weighted by Crippen LogP contribution is 2.17. The molecule has 2 N–H and O–H groups in total. The van der Waals surface area contributed by atoms with Crippen LogP contribution in [0.25, 0.3) is 10.9 Å². The largest absolute Gasteiger partial charge is 0.361 e. The zero-order valence-corrected chi connectivity index (χ0v) is 13.1. The van der Waals surface area contributed by atoms with Crippen molar-refractivity contribution in [2.24, 2.45) is 0 Å². The van der Waals surface area contributed by atoms with Gasteiger partial charge in [0.05, 0.1) is 26.2 Å². The van der Waals surface area contributed by atoms with Gasteiger partial charge in [0, 0.05) is 28.4 Å². The average molecular weight is 310 g/mol. The van der Waals surface area contributed by atoms with Gasteiger partial charge in [-0.25, -0.2) is 4.39 Å². The summed E-state index contributed by atoms with van der Waals surface area (Å²) in [5.74, 6) is -0.169. The number of nitrogens with one attached hydrogen (secondary N) is 2. The van der Waals surface area contributed by atoms with Gasteiger partial charge in [0.15, 0.2) is 0 Å². The topological polar surface area (TPSA) is 23.5 Å². The summed E-state index contributed by atoms with van der Waals surface area (Å²) < 4.78 is 13.0. The minimum Gasteiger partial charge on any atom is -0.361 e. The number of anilines is 1. The maximum absolute atomic E-state index is 13.0. The molecule has 1 aliphatic rings. The molecule has 3 aromatic rings. The molecule has 1 aromatic heterocycles. The molecule has 0 aliphatic carbocycles. The number of nitrogens with zero attached hydrogens (tertiary/aromatic N) is 1. The van der Waals surface area contributed by atoms with Gasteiger partial charge in [-0.1, -0.05) is 18.2 Å². The van der Waals surface area contributed by atoms with E-state index in [1.54, 1.807) is 17.0 Å². The van der Waals surface area contributed by atoms with Gasteiger partial charge < -0.3 is 14.8 Å². The van der Waals surface area contributed by atoms with Gasteiger partial charge in [-0.05, 0) is 30.3 Å². The molecule has 0 saturated carbocycles. The summed E-state index contributed by atoms with van der Waals surface area (Å²) in [6, 6.07) is 15.3. The molecule has 0 radical (unpaired) electrons. The highest BCUT2D eigenvalue weighted by Gasteiger charge is 2.21. The SMILES string of the molecule is Fc1ccc(N2CC[NH+](Cc3c[nH]c4ccccc34)CC2)cc1. The molecular formula is C19H21FN3+. The molecule has 0 bridgehead atoms. The Kier molecular flexibility index (Phi) is 3.75. The third-order valence-corrected chi connectivity index (χ3v) is 4.78. The van der Waals surface area contributed by atoms with E-state index in [1.165, 1.54) is 16.5 Å². The van der Waals surface area contributed by atoms with Crippen molar-refractivity contribution < 1.29 is 9.29 Å². The second-order valence-electron chi connectivity index (χ2n) is 6.25. The Balaban J connectivity index is 1.41. The zero-order valence-electron chi connectivity index (χ0n) is 13.1. The molecule has 0 spiro atoms. The second kappa shape index (κ2) is 6.05. The van der Waals surface area contributed by atoms with Crippen LogP contribution in [0.4, 0.5) is 10.1 Å². The van der Waals surface area contributed by atoms with Crippen molar-refractivity contribution in [3.63, 3.8) is 0 Å². The smallest absolute Gasteiger partial charge is 0.123 e. The number of hydrogen-bond acceptors (Lipinski definition) is 1. The monoisotopic (exact) mass is 310 g/mol. The molecule has 2 aromatic carbocycles. The molecule has 3 nitrogen and oxygen atoms in total. The van der Waals surface area contributed by atoms with E-state index in [9.17, 15) is 4.39 Å². The molecule has 23 heavy (non-hydrogen) atoms. The summed E-state index contributed by atoms with van der Waals surface area (Å²) in [7, 11) is 0. The number of aromatic nitrogens is 1. The summed E-state index contributed by atoms with van der Waals surface area (Å²) in [6.07, 6.45) is 2.14. The molecule has 1 aliphatic heterocycles. The lowest BCUT2D eigenvalue weighted by Crippen LogP contribution is -3.13. The molecule has 118 valence electrons. The van der Waals surface area contributed by atoms with E-state index in [0.29, 0.717) is 0 Å². The van der Waals surface area contributed by atoms with E-state index in [-0.39, 0.29) is 5.82 Å². The fourth-order valence-corrected chi connectivity index (χ4v) is 3.46. The minimum atomic E-state index is -0.169. The Bertz CT molecular complexity index is 786. The lowest BCUT2D eigenvalue weighted by molar-refractivity contribution is -0.914. The maximum Gasteiger partial charge on any atom is 0.123 e. The van der Waals surface area contributed by atoms with Crippen LogP contribution < -0.4 is 9.80 Å². The number of piperazine rings is 1. The molecular weight excluding hydrogens is 289 g/mol. The quantitative estimate of drug-likeness (QED) is 0.761. The number of rotatable bonds is 3. The number of benzene rings is 2. The summed E-state index contributed by atoms with van der Waals surface area (Å²) in [5, 5.41) is 1.33. The number of aromatic amines is 1. The number of hydrogen-bond donors (Lipinski definition) is 2. The highest BCUT2D eigenvalue weighted by molar-refractivity contribution is 5.82. The number of quaternary nitrogens is 1. The first-order chi connectivity index (χ1) is 11.3. The van der Waals surface area contributed by atoms with Crippen LogP contribution in [0.2, 0.25) is 0 Å². The van der Waals surface area contributed by atoms with Crippen molar-refractivity contribution >= 4 is 16.6 Å². The molecule has 2 heterocycles. The first-order valence-electron chi connectivity index (χ1n) is 8.19. The van der Waals surface area contributed by atoms with Crippen LogP contribution in [0.3, 0.4) is 0 Å². The van der Waals surface area contributed by atoms with Crippen molar-refractivity contribution in [1.29, 1.82) is 0 Å². The van der Waals surface area contributed by atoms with Crippen LogP contribution >= 0.6 is 0 Å². The molecule has 0 atom stereocenters. The van der Waals surface area contributed by atoms with E-state index in [1.807, 2.05) is 12.1 Å². The summed E-state index contributed by atoms with van der Waals surface area (Å²) in [5.41, 5.74) is 3.73. The van der Waals surface area contributed by atoms with Crippen molar-refractivity contribution in [2.75, 3.05) is 31.1 Å². The normalized spacial score (nSPS) is 16.1. The Morgan fingerprint density at radius 3 is 2.52 bits per heavy atom. The summed E-state index contributed by atoms with van der Waals surface area (Å²) in [4.78, 5) is 7.31. The van der Waals surface area contributed by atoms with Gasteiger partial charge in [-0.3, -0.25) is 0 Å². The lowest BCUT2D eigenvalue weighted by atomic mass is 10.1. The minimum absolute atomic E-state index is 0.169. The first-order valence-corrected chi connectivity index (χ1v) is 8.19. The van der Waals surface area contributed by atoms with Crippen LogP contribution in [-0.2, 0) is 6.54 Å². The predicted octanol–water partition coefficient (Wildman–Crippen LogP) is 2.21. The molecule has 4 heteroatoms. The Labute approximate surface area is 135 Å². The van der Waals surface area contributed by atoms with Crippen molar-refractivity contribution in [1.82, 2.24) is 4.98 Å². The van der Waals surface area contributed by atoms with Crippen molar-refractivity contribution in [3.8, 4) is 0 Å². The van der Waals surface area contributed by atoms with E-state index in [4.69, 9.17) is 0 Å². The van der Waals surface area contributed by atoms with Gasteiger partial charge in [-0.2, -0.15) is 0 Å². The summed E-state index contributed by atoms with van der Waals surface area (Å²) >= 11 is 0. The van der Waals surface area contributed by atoms with Gasteiger partial charge >= 0.3 is 0 Å². The first kappa shape index (κ1) is 14.3. The number of para-hydroxylation sites is 1. The maximum atomic E-state index is 13.0. The molecule has 4 rings (SSSR count). The van der Waals surface area contributed by atoms with Crippen molar-refractivity contribution in [2.45, 2.75) is 6.54 Å². The number of halogens is 1. The lowest BCUT2D eigenvalue weighted by Gasteiger charge is -2.33. The molecule has 0 unspecified atom stereocenters. The van der Waals surface area contributed by atoms with Gasteiger partial charge in [0.1, 0.15) is 12.4 Å². The highest BCUT2D eigenvalue weighted by atomic mass is 19.1. The van der Waals surface area contributed by atoms with Crippen LogP contribution in [0, 0.1) is 5.82 Å². The average Bonchev–Trinajstić information content (AvgIpc) is 3.00. The zero-order chi connectivity index (χ0) is 15.6. The van der Waals surface area contributed by atoms with E-state index in [0.717, 1.165) is 38.4 Å². The van der Waals surface area contributed by atoms with E-state index < -0.39 is 0 Å². The van der Waals surface area contributed by atoms with Crippen LogP contribution in [0.15, 0.2) is 54.7 Å². The third kappa shape index (κ3) is 2.94. The van der Waals surface area contributed by atoms with Crippen molar-refractivity contribution in [3.05, 3.63) is 66.1 Å². The molecule has 1 saturated heterocycles. The fraction of sp³-hybridized carbons (Fsp3) is 0.263. The van der Waals surface area contributed by atoms with Crippen LogP contribution in [-0.4, -0.2) is 31.2 Å². The number of fused-ring (bicyclic) bond motifs is 1. The van der Waals surface area contributed by atoms with Gasteiger partial charge in [0.2, 0.25) is 0 Å². The second-order valence-corrected chi connectivity index (χ2v) is 6.25. The van der Waals surface area contributed by atoms with Gasteiger partial charge in [-0.15, -0.1) is 0 Å². The molecule has 1 fully saturated rings. The van der Waals surface area contributed by atoms with E-state index in [2.05, 4.69) is 40.3 Å². The van der Waals surface area contributed by atoms with Crippen LogP contribution in [0.1, 0.15) is 5.56 Å². The van der Waals surface area contributed by atoms with Gasteiger partial charge in [0.25, 0.3) is 0 Å². The molecule has 0 amide bonds. The van der Waals surface area contributed by atoms with Crippen LogP contribution in [0.5, 0.6) is 0 Å². The van der Waals surface area contributed by atoms with E-state index >= 15 is 0 Å².